The van der Waals surface area contributed by atoms with Gasteiger partial charge in [0, 0.05) is 32.4 Å². The van der Waals surface area contributed by atoms with Gasteiger partial charge < -0.3 is 9.80 Å². The fourth-order valence-corrected chi connectivity index (χ4v) is 5.01. The first-order chi connectivity index (χ1) is 15.7. The average molecular weight is 467 g/mol. The largest absolute Gasteiger partial charge is 0.417 e. The molecule has 0 bridgehead atoms. The molecule has 0 amide bonds. The molecule has 0 unspecified atom stereocenters. The van der Waals surface area contributed by atoms with Crippen LogP contribution in [0.5, 0.6) is 0 Å². The molecule has 33 heavy (non-hydrogen) atoms. The summed E-state index contributed by atoms with van der Waals surface area (Å²) in [7, 11) is 1.91. The van der Waals surface area contributed by atoms with E-state index in [1.54, 1.807) is 6.20 Å². The van der Waals surface area contributed by atoms with Crippen LogP contribution in [0.1, 0.15) is 18.4 Å². The number of pyridine rings is 1. The maximum atomic E-state index is 13.0. The number of aromatic nitrogens is 5. The Morgan fingerprint density at radius 2 is 1.82 bits per heavy atom. The molecule has 0 spiro atoms. The Balaban J connectivity index is 1.27. The van der Waals surface area contributed by atoms with E-state index in [0.717, 1.165) is 29.8 Å². The molecule has 4 heterocycles. The maximum Gasteiger partial charge on any atom is 0.417 e. The van der Waals surface area contributed by atoms with Crippen LogP contribution in [0.3, 0.4) is 0 Å². The van der Waals surface area contributed by atoms with E-state index >= 15 is 0 Å². The lowest BCUT2D eigenvalue weighted by atomic mass is 10.0. The van der Waals surface area contributed by atoms with Crippen molar-refractivity contribution >= 4 is 22.7 Å². The number of nitrogens with zero attached hydrogens (tertiary/aromatic N) is 7. The van der Waals surface area contributed by atoms with Gasteiger partial charge in [-0.1, -0.05) is 0 Å². The molecule has 7 nitrogen and oxygen atoms in total. The summed E-state index contributed by atoms with van der Waals surface area (Å²) >= 11 is 0. The molecule has 3 aromatic rings. The fraction of sp³-hybridized carbons (Fsp3) is 0.524. The lowest BCUT2D eigenvalue weighted by Gasteiger charge is -2.28. The second-order valence-electron chi connectivity index (χ2n) is 8.75. The van der Waals surface area contributed by atoms with Crippen LogP contribution in [0.25, 0.3) is 11.2 Å². The quantitative estimate of drug-likeness (QED) is 0.531. The minimum absolute atomic E-state index is 0.181. The van der Waals surface area contributed by atoms with Crippen LogP contribution in [0.15, 0.2) is 30.9 Å². The van der Waals surface area contributed by atoms with Crippen molar-refractivity contribution in [1.29, 1.82) is 0 Å². The normalized spacial score (nSPS) is 23.0. The predicted octanol–water partition coefficient (Wildman–Crippen LogP) is 3.86. The molecule has 5 rings (SSSR count). The SMILES string of the molecule is CN(c1cnc2cnn(CC(F)F)c2n1)[C@H]1C[C@@H]2CN(c3cncc(C(F)(F)F)c3)C[C@@H]2C1. The number of fused-ring (bicyclic) bond motifs is 2. The fourth-order valence-electron chi connectivity index (χ4n) is 5.01. The molecule has 176 valence electrons. The van der Waals surface area contributed by atoms with E-state index in [2.05, 4.69) is 20.1 Å². The van der Waals surface area contributed by atoms with Crippen LogP contribution in [0.4, 0.5) is 33.5 Å². The number of halogens is 5. The zero-order valence-corrected chi connectivity index (χ0v) is 17.8. The van der Waals surface area contributed by atoms with Crippen LogP contribution >= 0.6 is 0 Å². The summed E-state index contributed by atoms with van der Waals surface area (Å²) in [5.41, 5.74) is 0.532. The standard InChI is InChI=1S/C21H22F5N7/c1-31(19-8-28-17-7-29-33(11-18(22)23)20(17)30-19)15-2-12-9-32(10-13(12)3-15)16-4-14(5-27-6-16)21(24,25)26/h4-8,12-13,15,18H,2-3,9-11H2,1H3/t12-,13+,15+. The third-order valence-electron chi connectivity index (χ3n) is 6.69. The minimum atomic E-state index is -4.42. The van der Waals surface area contributed by atoms with Gasteiger partial charge in [-0.15, -0.1) is 0 Å². The molecule has 1 aliphatic carbocycles. The van der Waals surface area contributed by atoms with Gasteiger partial charge in [0.1, 0.15) is 17.9 Å². The Bertz CT molecular complexity index is 1130. The molecular formula is C21H22F5N7. The van der Waals surface area contributed by atoms with E-state index in [1.165, 1.54) is 12.4 Å². The van der Waals surface area contributed by atoms with Crippen molar-refractivity contribution in [3.8, 4) is 0 Å². The van der Waals surface area contributed by atoms with Crippen molar-refractivity contribution in [1.82, 2.24) is 24.7 Å². The van der Waals surface area contributed by atoms with Crippen molar-refractivity contribution in [3.05, 3.63) is 36.4 Å². The first kappa shape index (κ1) is 21.8. The average Bonchev–Trinajstić information content (AvgIpc) is 3.45. The predicted molar refractivity (Wildman–Crippen MR) is 111 cm³/mol. The molecule has 0 radical (unpaired) electrons. The summed E-state index contributed by atoms with van der Waals surface area (Å²) in [6, 6.07) is 1.34. The van der Waals surface area contributed by atoms with E-state index in [4.69, 9.17) is 0 Å². The minimum Gasteiger partial charge on any atom is -0.370 e. The highest BCUT2D eigenvalue weighted by atomic mass is 19.4. The van der Waals surface area contributed by atoms with Crippen molar-refractivity contribution in [3.63, 3.8) is 0 Å². The molecular weight excluding hydrogens is 445 g/mol. The zero-order valence-electron chi connectivity index (χ0n) is 17.8. The molecule has 1 saturated carbocycles. The second kappa shape index (κ2) is 8.07. The molecule has 1 saturated heterocycles. The molecule has 0 aromatic carbocycles. The van der Waals surface area contributed by atoms with Crippen LogP contribution in [0, 0.1) is 11.8 Å². The van der Waals surface area contributed by atoms with Crippen molar-refractivity contribution in [2.45, 2.75) is 38.0 Å². The lowest BCUT2D eigenvalue weighted by Crippen LogP contribution is -2.32. The molecule has 2 aliphatic rings. The Morgan fingerprint density at radius 1 is 1.09 bits per heavy atom. The van der Waals surface area contributed by atoms with Gasteiger partial charge in [0.25, 0.3) is 6.43 Å². The summed E-state index contributed by atoms with van der Waals surface area (Å²) in [6.07, 6.45) is 0.126. The highest BCUT2D eigenvalue weighted by Gasteiger charge is 2.43. The summed E-state index contributed by atoms with van der Waals surface area (Å²) in [6.45, 7) is 0.799. The summed E-state index contributed by atoms with van der Waals surface area (Å²) in [4.78, 5) is 16.6. The molecule has 1 aliphatic heterocycles. The van der Waals surface area contributed by atoms with E-state index in [-0.39, 0.29) is 6.04 Å². The Hall–Kier alpha value is -3.05. The molecule has 2 fully saturated rings. The zero-order chi connectivity index (χ0) is 23.3. The number of anilines is 2. The summed E-state index contributed by atoms with van der Waals surface area (Å²) in [5.74, 6) is 1.27. The van der Waals surface area contributed by atoms with Gasteiger partial charge in [-0.05, 0) is 30.7 Å². The molecule has 0 N–H and O–H groups in total. The van der Waals surface area contributed by atoms with Gasteiger partial charge >= 0.3 is 6.18 Å². The van der Waals surface area contributed by atoms with Crippen LogP contribution in [0.2, 0.25) is 0 Å². The summed E-state index contributed by atoms with van der Waals surface area (Å²) in [5, 5.41) is 3.95. The van der Waals surface area contributed by atoms with Gasteiger partial charge in [0.05, 0.1) is 29.8 Å². The Morgan fingerprint density at radius 3 is 2.48 bits per heavy atom. The van der Waals surface area contributed by atoms with E-state index in [9.17, 15) is 22.0 Å². The summed E-state index contributed by atoms with van der Waals surface area (Å²) < 4.78 is 65.9. The number of hydrogen-bond acceptors (Lipinski definition) is 6. The topological polar surface area (TPSA) is 63.0 Å². The molecule has 12 heteroatoms. The third kappa shape index (κ3) is 4.18. The maximum absolute atomic E-state index is 13.0. The Labute approximate surface area is 186 Å². The van der Waals surface area contributed by atoms with Crippen LogP contribution in [-0.2, 0) is 12.7 Å². The highest BCUT2D eigenvalue weighted by Crippen LogP contribution is 2.42. The third-order valence-corrected chi connectivity index (χ3v) is 6.69. The van der Waals surface area contributed by atoms with Gasteiger partial charge in [0.2, 0.25) is 0 Å². The van der Waals surface area contributed by atoms with Crippen molar-refractivity contribution in [2.24, 2.45) is 11.8 Å². The van der Waals surface area contributed by atoms with Crippen LogP contribution < -0.4 is 9.80 Å². The van der Waals surface area contributed by atoms with Crippen molar-refractivity contribution < 1.29 is 22.0 Å². The number of hydrogen-bond donors (Lipinski definition) is 0. The van der Waals surface area contributed by atoms with E-state index in [1.807, 2.05) is 16.8 Å². The van der Waals surface area contributed by atoms with Gasteiger partial charge in [-0.2, -0.15) is 18.3 Å². The first-order valence-electron chi connectivity index (χ1n) is 10.7. The molecule has 3 atom stereocenters. The van der Waals surface area contributed by atoms with Gasteiger partial charge in [-0.3, -0.25) is 4.98 Å². The van der Waals surface area contributed by atoms with Gasteiger partial charge in [0.15, 0.2) is 5.65 Å². The van der Waals surface area contributed by atoms with Gasteiger partial charge in [-0.25, -0.2) is 23.4 Å². The first-order valence-corrected chi connectivity index (χ1v) is 10.7. The van der Waals surface area contributed by atoms with Crippen LogP contribution in [-0.4, -0.2) is 57.3 Å². The Kier molecular flexibility index (Phi) is 5.32. The monoisotopic (exact) mass is 467 g/mol. The van der Waals surface area contributed by atoms with Crippen molar-refractivity contribution in [2.75, 3.05) is 29.9 Å². The molecule has 3 aromatic heterocycles. The lowest BCUT2D eigenvalue weighted by molar-refractivity contribution is -0.137. The van der Waals surface area contributed by atoms with E-state index in [0.29, 0.717) is 47.6 Å². The van der Waals surface area contributed by atoms with E-state index < -0.39 is 24.7 Å². The second-order valence-corrected chi connectivity index (χ2v) is 8.75. The highest BCUT2D eigenvalue weighted by molar-refractivity contribution is 5.71. The number of rotatable bonds is 5. The number of alkyl halides is 5. The smallest absolute Gasteiger partial charge is 0.370 e.